The van der Waals surface area contributed by atoms with Crippen molar-refractivity contribution < 1.29 is 94.4 Å². The first-order valence-corrected chi connectivity index (χ1v) is 14.6. The Morgan fingerprint density at radius 2 is 2.06 bits per heavy atom. The maximum atomic E-state index is 12.7. The van der Waals surface area contributed by atoms with Gasteiger partial charge in [0.25, 0.3) is 16.0 Å². The molecule has 2 amide bonds. The summed E-state index contributed by atoms with van der Waals surface area (Å²) in [5.41, 5.74) is 0.402. The normalized spacial score (nSPS) is 19.2. The number of hydrogen-bond donors (Lipinski definition) is 3. The van der Waals surface area contributed by atoms with Crippen molar-refractivity contribution in [2.75, 3.05) is 11.5 Å². The van der Waals surface area contributed by atoms with Gasteiger partial charge >= 0.3 is 65.1 Å². The number of aliphatic carboxylic acids is 1. The van der Waals surface area contributed by atoms with Crippen molar-refractivity contribution in [3.05, 3.63) is 38.7 Å². The molecule has 11 nitrogen and oxygen atoms in total. The molecule has 0 aromatic carbocycles. The molecule has 2 aromatic heterocycles. The molecule has 2 aromatic rings. The van der Waals surface area contributed by atoms with Crippen LogP contribution in [0.25, 0.3) is 0 Å². The van der Waals surface area contributed by atoms with Crippen molar-refractivity contribution >= 4 is 74.1 Å². The molecule has 2 atom stereocenters. The molecule has 2 aliphatic heterocycles. The topological polar surface area (TPSA) is 167 Å². The van der Waals surface area contributed by atoms with Crippen LogP contribution in [0, 0.1) is 0 Å². The van der Waals surface area contributed by atoms with Gasteiger partial charge in [0.2, 0.25) is 5.91 Å². The number of β-lactam (4-membered cyclic amide) rings is 1. The van der Waals surface area contributed by atoms with E-state index in [2.05, 4.69) is 15.5 Å². The maximum absolute atomic E-state index is 12.7. The largest absolute Gasteiger partial charge is 1.00 e. The number of nitrogens with zero attached hydrogens (tertiary/aromatic N) is 3. The summed E-state index contributed by atoms with van der Waals surface area (Å²) in [6, 6.07) is 2.88. The molecule has 1 unspecified atom stereocenters. The molecule has 1 fully saturated rings. The summed E-state index contributed by atoms with van der Waals surface area (Å²) in [6.45, 7) is 0. The van der Waals surface area contributed by atoms with Crippen LogP contribution in [0.1, 0.15) is 12.7 Å². The summed E-state index contributed by atoms with van der Waals surface area (Å²) >= 11 is 4.95. The van der Waals surface area contributed by atoms with E-state index in [1.165, 1.54) is 28.0 Å². The standard InChI is InChI=1S/C17H16N4O7S5.2Na.2H/c22-10(4-9-2-1-3-29-9)18-12-14(23)21-13(16(24)25)8(5-30-15(12)21)6-31-17-20-19-11(32-17)7-33(26,27)28;;;;/h1-3,12,15H,4-7H2,(H,18,22)(H,24,25)(H,26,27,28);;;;/q;2*+1;2*-1/t12?,15-;;;;/m1..../s1. The second-order valence-electron chi connectivity index (χ2n) is 6.95. The molecule has 0 aliphatic carbocycles. The third-order valence-corrected chi connectivity index (χ3v) is 9.79. The number of hydrogen-bond acceptors (Lipinski definition) is 11. The minimum Gasteiger partial charge on any atom is -1.00 e. The zero-order valence-corrected chi connectivity index (χ0v) is 26.6. The Bertz CT molecular complexity index is 1250. The van der Waals surface area contributed by atoms with E-state index in [1.807, 2.05) is 17.5 Å². The van der Waals surface area contributed by atoms with E-state index in [0.29, 0.717) is 15.7 Å². The van der Waals surface area contributed by atoms with Crippen molar-refractivity contribution in [3.63, 3.8) is 0 Å². The third-order valence-electron chi connectivity index (χ3n) is 4.61. The molecule has 0 radical (unpaired) electrons. The van der Waals surface area contributed by atoms with Gasteiger partial charge in [-0.2, -0.15) is 8.42 Å². The van der Waals surface area contributed by atoms with Crippen LogP contribution in [0.5, 0.6) is 0 Å². The van der Waals surface area contributed by atoms with Gasteiger partial charge in [0.15, 0.2) is 4.34 Å². The number of rotatable bonds is 9. The fourth-order valence-corrected chi connectivity index (χ4v) is 8.18. The predicted octanol–water partition coefficient (Wildman–Crippen LogP) is -4.71. The summed E-state index contributed by atoms with van der Waals surface area (Å²) in [5.74, 6) is -2.10. The molecule has 18 heteroatoms. The fourth-order valence-electron chi connectivity index (χ4n) is 3.25. The van der Waals surface area contributed by atoms with E-state index in [4.69, 9.17) is 4.55 Å². The van der Waals surface area contributed by atoms with Crippen molar-refractivity contribution in [2.24, 2.45) is 0 Å². The molecule has 0 spiro atoms. The van der Waals surface area contributed by atoms with E-state index >= 15 is 0 Å². The number of fused-ring (bicyclic) bond motifs is 1. The quantitative estimate of drug-likeness (QED) is 0.110. The van der Waals surface area contributed by atoms with E-state index in [-0.39, 0.29) is 90.8 Å². The molecule has 35 heavy (non-hydrogen) atoms. The number of aromatic nitrogens is 2. The molecule has 3 N–H and O–H groups in total. The second kappa shape index (κ2) is 13.2. The molecular weight excluding hydrogens is 579 g/mol. The minimum absolute atomic E-state index is 0. The van der Waals surface area contributed by atoms with E-state index in [9.17, 15) is 27.9 Å². The first kappa shape index (κ1) is 31.2. The number of nitrogens with one attached hydrogen (secondary N) is 1. The second-order valence-corrected chi connectivity index (χ2v) is 12.8. The predicted molar refractivity (Wildman–Crippen MR) is 126 cm³/mol. The average Bonchev–Trinajstić information content (AvgIpc) is 3.40. The Morgan fingerprint density at radius 3 is 2.69 bits per heavy atom. The monoisotopic (exact) mass is 596 g/mol. The van der Waals surface area contributed by atoms with Gasteiger partial charge in [-0.3, -0.25) is 19.0 Å². The smallest absolute Gasteiger partial charge is 1.00 e. The molecule has 2 aliphatic rings. The summed E-state index contributed by atoms with van der Waals surface area (Å²) in [4.78, 5) is 39.0. The first-order valence-electron chi connectivity index (χ1n) is 9.24. The van der Waals surface area contributed by atoms with Crippen molar-refractivity contribution in [2.45, 2.75) is 27.9 Å². The van der Waals surface area contributed by atoms with Gasteiger partial charge in [0, 0.05) is 16.4 Å². The van der Waals surface area contributed by atoms with Crippen LogP contribution in [0.2, 0.25) is 0 Å². The number of amides is 2. The number of carboxylic acids is 1. The third kappa shape index (κ3) is 7.77. The Kier molecular flexibility index (Phi) is 11.8. The number of thiophene rings is 1. The zero-order chi connectivity index (χ0) is 23.8. The van der Waals surface area contributed by atoms with Gasteiger partial charge in [-0.05, 0) is 17.0 Å². The van der Waals surface area contributed by atoms with Gasteiger partial charge in [0.1, 0.15) is 27.9 Å². The SMILES string of the molecule is O=C(Cc1cccs1)NC1C(=O)N2C(C(=O)O)=C(CSc3nnc(CS(=O)(=O)O)s3)CS[C@H]12.[H-].[H-].[Na+].[Na+]. The molecule has 4 rings (SSSR count). The van der Waals surface area contributed by atoms with Crippen LogP contribution in [-0.2, 0) is 36.7 Å². The Balaban J connectivity index is 0.00000324. The zero-order valence-electron chi connectivity index (χ0n) is 20.5. The van der Waals surface area contributed by atoms with Gasteiger partial charge in [-0.1, -0.05) is 29.2 Å². The number of thioether (sulfide) groups is 2. The number of carbonyl (C=O) groups is 3. The minimum atomic E-state index is -4.23. The summed E-state index contributed by atoms with van der Waals surface area (Å²) < 4.78 is 31.2. The van der Waals surface area contributed by atoms with E-state index < -0.39 is 39.2 Å². The summed E-state index contributed by atoms with van der Waals surface area (Å²) in [7, 11) is -4.23. The Hall–Kier alpha value is 0.0200. The van der Waals surface area contributed by atoms with Crippen LogP contribution in [0.4, 0.5) is 0 Å². The van der Waals surface area contributed by atoms with Gasteiger partial charge in [-0.25, -0.2) is 4.79 Å². The number of carbonyl (C=O) groups excluding carboxylic acids is 2. The molecule has 0 saturated carbocycles. The van der Waals surface area contributed by atoms with Crippen molar-refractivity contribution in [3.8, 4) is 0 Å². The summed E-state index contributed by atoms with van der Waals surface area (Å²) in [5, 5.41) is 21.5. The van der Waals surface area contributed by atoms with Crippen molar-refractivity contribution in [1.29, 1.82) is 0 Å². The maximum Gasteiger partial charge on any atom is 1.00 e. The molecule has 0 bridgehead atoms. The van der Waals surface area contributed by atoms with E-state index in [1.54, 1.807) is 0 Å². The fraction of sp³-hybridized carbons (Fsp3) is 0.353. The van der Waals surface area contributed by atoms with Gasteiger partial charge < -0.3 is 13.3 Å². The van der Waals surface area contributed by atoms with Crippen LogP contribution in [-0.4, -0.2) is 73.9 Å². The van der Waals surface area contributed by atoms with Crippen LogP contribution < -0.4 is 64.4 Å². The first-order chi connectivity index (χ1) is 15.6. The molecule has 180 valence electrons. The van der Waals surface area contributed by atoms with Crippen LogP contribution >= 0.6 is 46.2 Å². The molecule has 4 heterocycles. The Morgan fingerprint density at radius 1 is 1.31 bits per heavy atom. The van der Waals surface area contributed by atoms with Crippen LogP contribution in [0.3, 0.4) is 0 Å². The van der Waals surface area contributed by atoms with Gasteiger partial charge in [0.05, 0.1) is 6.42 Å². The van der Waals surface area contributed by atoms with E-state index in [0.717, 1.165) is 28.0 Å². The molecular formula is C17H18N4Na2O7S5. The van der Waals surface area contributed by atoms with Crippen molar-refractivity contribution in [1.82, 2.24) is 20.4 Å². The van der Waals surface area contributed by atoms with Gasteiger partial charge in [-0.15, -0.1) is 33.3 Å². The Labute approximate surface area is 264 Å². The van der Waals surface area contributed by atoms with Crippen LogP contribution in [0.15, 0.2) is 33.1 Å². The number of carboxylic acid groups (broad SMARTS) is 1. The average molecular weight is 597 g/mol. The molecule has 1 saturated heterocycles. The summed E-state index contributed by atoms with van der Waals surface area (Å²) in [6.07, 6.45) is 0.157.